The highest BCUT2D eigenvalue weighted by molar-refractivity contribution is 9.11. The highest BCUT2D eigenvalue weighted by Gasteiger charge is 2.23. The smallest absolute Gasteiger partial charge is 0.242 e. The van der Waals surface area contributed by atoms with Crippen molar-refractivity contribution in [1.29, 1.82) is 0 Å². The monoisotopic (exact) mass is 354 g/mol. The largest absolute Gasteiger partial charge is 0.377 e. The van der Waals surface area contributed by atoms with Gasteiger partial charge in [-0.3, -0.25) is 0 Å². The SMILES string of the molecule is NCc1cc(S(=O)(=O)NCC2CCCO2)c(Br)s1. The number of hydrogen-bond donors (Lipinski definition) is 2. The van der Waals surface area contributed by atoms with E-state index in [0.717, 1.165) is 17.7 Å². The minimum absolute atomic E-state index is 0.00818. The molecule has 0 saturated carbocycles. The summed E-state index contributed by atoms with van der Waals surface area (Å²) in [4.78, 5) is 1.09. The first kappa shape index (κ1) is 14.4. The average molecular weight is 355 g/mol. The van der Waals surface area contributed by atoms with Gasteiger partial charge in [0.1, 0.15) is 4.90 Å². The summed E-state index contributed by atoms with van der Waals surface area (Å²) in [5.74, 6) is 0. The van der Waals surface area contributed by atoms with Gasteiger partial charge in [0.2, 0.25) is 10.0 Å². The molecule has 3 N–H and O–H groups in total. The number of nitrogens with two attached hydrogens (primary N) is 1. The molecule has 0 radical (unpaired) electrons. The van der Waals surface area contributed by atoms with Gasteiger partial charge in [0.15, 0.2) is 0 Å². The summed E-state index contributed by atoms with van der Waals surface area (Å²) in [7, 11) is -3.49. The molecule has 5 nitrogen and oxygen atoms in total. The molecule has 1 atom stereocenters. The van der Waals surface area contributed by atoms with Crippen molar-refractivity contribution in [2.45, 2.75) is 30.4 Å². The summed E-state index contributed by atoms with van der Waals surface area (Å²) in [6, 6.07) is 1.60. The Bertz CT molecular complexity index is 509. The first-order chi connectivity index (χ1) is 8.53. The van der Waals surface area contributed by atoms with Gasteiger partial charge in [-0.25, -0.2) is 13.1 Å². The average Bonchev–Trinajstić information content (AvgIpc) is 2.95. The zero-order valence-electron chi connectivity index (χ0n) is 9.69. The van der Waals surface area contributed by atoms with Crippen molar-refractivity contribution in [3.63, 3.8) is 0 Å². The fourth-order valence-electron chi connectivity index (χ4n) is 1.77. The Morgan fingerprint density at radius 2 is 2.39 bits per heavy atom. The zero-order valence-corrected chi connectivity index (χ0v) is 12.9. The quantitative estimate of drug-likeness (QED) is 0.837. The number of rotatable bonds is 5. The maximum absolute atomic E-state index is 12.1. The van der Waals surface area contributed by atoms with Gasteiger partial charge in [0, 0.05) is 24.6 Å². The van der Waals surface area contributed by atoms with E-state index in [2.05, 4.69) is 20.7 Å². The fourth-order valence-corrected chi connectivity index (χ4v) is 5.39. The second-order valence-electron chi connectivity index (χ2n) is 4.04. The van der Waals surface area contributed by atoms with Crippen LogP contribution in [0.3, 0.4) is 0 Å². The number of thiophene rings is 1. The van der Waals surface area contributed by atoms with Crippen LogP contribution in [0.1, 0.15) is 17.7 Å². The van der Waals surface area contributed by atoms with E-state index in [1.54, 1.807) is 6.07 Å². The van der Waals surface area contributed by atoms with Gasteiger partial charge in [-0.2, -0.15) is 0 Å². The summed E-state index contributed by atoms with van der Waals surface area (Å²) < 4.78 is 32.8. The van der Waals surface area contributed by atoms with E-state index in [0.29, 0.717) is 23.5 Å². The van der Waals surface area contributed by atoms with Gasteiger partial charge in [-0.05, 0) is 34.8 Å². The molecule has 1 aliphatic heterocycles. The standard InChI is InChI=1S/C10H15BrN2O3S2/c11-10-9(4-8(5-12)17-10)18(14,15)13-6-7-2-1-3-16-7/h4,7,13H,1-3,5-6,12H2. The van der Waals surface area contributed by atoms with Crippen molar-refractivity contribution >= 4 is 37.3 Å². The van der Waals surface area contributed by atoms with E-state index in [4.69, 9.17) is 10.5 Å². The van der Waals surface area contributed by atoms with Gasteiger partial charge in [-0.15, -0.1) is 11.3 Å². The first-order valence-corrected chi connectivity index (χ1v) is 8.72. The lowest BCUT2D eigenvalue weighted by molar-refractivity contribution is 0.114. The van der Waals surface area contributed by atoms with Gasteiger partial charge in [0.25, 0.3) is 0 Å². The predicted molar refractivity (Wildman–Crippen MR) is 74.1 cm³/mol. The lowest BCUT2D eigenvalue weighted by Gasteiger charge is -2.10. The zero-order chi connectivity index (χ0) is 13.2. The van der Waals surface area contributed by atoms with Crippen LogP contribution in [-0.2, 0) is 21.3 Å². The first-order valence-electron chi connectivity index (χ1n) is 5.62. The van der Waals surface area contributed by atoms with Crippen molar-refractivity contribution in [3.8, 4) is 0 Å². The van der Waals surface area contributed by atoms with E-state index in [-0.39, 0.29) is 11.0 Å². The van der Waals surface area contributed by atoms with Crippen molar-refractivity contribution in [2.75, 3.05) is 13.2 Å². The highest BCUT2D eigenvalue weighted by Crippen LogP contribution is 2.31. The Labute approximate surface area is 119 Å². The maximum Gasteiger partial charge on any atom is 0.242 e. The molecule has 1 fully saturated rings. The van der Waals surface area contributed by atoms with Crippen LogP contribution in [0.5, 0.6) is 0 Å². The molecule has 18 heavy (non-hydrogen) atoms. The molecule has 1 saturated heterocycles. The van der Waals surface area contributed by atoms with Gasteiger partial charge < -0.3 is 10.5 Å². The molecule has 1 aromatic rings. The molecule has 0 spiro atoms. The molecule has 2 heterocycles. The van der Waals surface area contributed by atoms with Crippen LogP contribution >= 0.6 is 27.3 Å². The molecule has 8 heteroatoms. The van der Waals surface area contributed by atoms with Crippen molar-refractivity contribution in [2.24, 2.45) is 5.73 Å². The van der Waals surface area contributed by atoms with Crippen LogP contribution in [0.4, 0.5) is 0 Å². The molecule has 1 aliphatic rings. The third-order valence-corrected chi connectivity index (χ3v) is 6.42. The Kier molecular flexibility index (Phi) is 4.79. The molecule has 0 bridgehead atoms. The van der Waals surface area contributed by atoms with Crippen LogP contribution in [0.2, 0.25) is 0 Å². The van der Waals surface area contributed by atoms with E-state index >= 15 is 0 Å². The molecule has 0 aromatic carbocycles. The van der Waals surface area contributed by atoms with E-state index in [1.165, 1.54) is 11.3 Å². The topological polar surface area (TPSA) is 81.4 Å². The lowest BCUT2D eigenvalue weighted by Crippen LogP contribution is -2.31. The Balaban J connectivity index is 2.06. The van der Waals surface area contributed by atoms with E-state index in [9.17, 15) is 8.42 Å². The predicted octanol–water partition coefficient (Wildman–Crippen LogP) is 1.43. The van der Waals surface area contributed by atoms with Gasteiger partial charge in [0.05, 0.1) is 9.89 Å². The van der Waals surface area contributed by atoms with Crippen LogP contribution in [-0.4, -0.2) is 27.7 Å². The van der Waals surface area contributed by atoms with Crippen LogP contribution in [0.25, 0.3) is 0 Å². The van der Waals surface area contributed by atoms with Crippen LogP contribution in [0, 0.1) is 0 Å². The summed E-state index contributed by atoms with van der Waals surface area (Å²) >= 11 is 4.60. The Morgan fingerprint density at radius 3 is 2.94 bits per heavy atom. The normalized spacial score (nSPS) is 20.4. The molecule has 0 aliphatic carbocycles. The van der Waals surface area contributed by atoms with E-state index in [1.807, 2.05) is 0 Å². The number of hydrogen-bond acceptors (Lipinski definition) is 5. The minimum Gasteiger partial charge on any atom is -0.377 e. The maximum atomic E-state index is 12.1. The molecule has 2 rings (SSSR count). The Morgan fingerprint density at radius 1 is 1.61 bits per heavy atom. The number of ether oxygens (including phenoxy) is 1. The third kappa shape index (κ3) is 3.31. The lowest BCUT2D eigenvalue weighted by atomic mass is 10.2. The summed E-state index contributed by atoms with van der Waals surface area (Å²) in [6.07, 6.45) is 1.89. The van der Waals surface area contributed by atoms with Gasteiger partial charge >= 0.3 is 0 Å². The fraction of sp³-hybridized carbons (Fsp3) is 0.600. The van der Waals surface area contributed by atoms with Crippen LogP contribution < -0.4 is 10.5 Å². The van der Waals surface area contributed by atoms with Crippen LogP contribution in [0.15, 0.2) is 14.7 Å². The summed E-state index contributed by atoms with van der Waals surface area (Å²) in [5, 5.41) is 0. The second kappa shape index (κ2) is 5.98. The Hall–Kier alpha value is 0.01000. The van der Waals surface area contributed by atoms with Crippen molar-refractivity contribution < 1.29 is 13.2 Å². The van der Waals surface area contributed by atoms with Crippen molar-refractivity contribution in [3.05, 3.63) is 14.7 Å². The highest BCUT2D eigenvalue weighted by atomic mass is 79.9. The summed E-state index contributed by atoms with van der Waals surface area (Å²) in [5.41, 5.74) is 5.50. The number of nitrogens with one attached hydrogen (secondary N) is 1. The van der Waals surface area contributed by atoms with Crippen molar-refractivity contribution in [1.82, 2.24) is 4.72 Å². The molecular weight excluding hydrogens is 340 g/mol. The minimum atomic E-state index is -3.49. The summed E-state index contributed by atoms with van der Waals surface area (Å²) in [6.45, 7) is 1.37. The molecule has 0 amide bonds. The third-order valence-electron chi connectivity index (χ3n) is 2.72. The van der Waals surface area contributed by atoms with E-state index < -0.39 is 10.0 Å². The number of halogens is 1. The second-order valence-corrected chi connectivity index (χ2v) is 8.23. The van der Waals surface area contributed by atoms with Gasteiger partial charge in [-0.1, -0.05) is 0 Å². The molecular formula is C10H15BrN2O3S2. The molecule has 1 unspecified atom stereocenters. The molecule has 102 valence electrons. The molecule has 1 aromatic heterocycles. The number of sulfonamides is 1.